The fourth-order valence-corrected chi connectivity index (χ4v) is 0.959. The quantitative estimate of drug-likeness (QED) is 0.399. The molecule has 0 aliphatic rings. The zero-order valence-corrected chi connectivity index (χ0v) is 7.52. The standard InChI is InChI=1S/C8H17NO4/c9-7(8(12)13)4-2-1-3-6(11)5-10/h6-7,10-11H,1-5,9H2,(H,12,13)/t6-,7+/m0/s1. The van der Waals surface area contributed by atoms with Gasteiger partial charge in [0.2, 0.25) is 0 Å². The van der Waals surface area contributed by atoms with Crippen LogP contribution in [0.5, 0.6) is 0 Å². The molecule has 5 N–H and O–H groups in total. The van der Waals surface area contributed by atoms with Crippen molar-refractivity contribution in [1.29, 1.82) is 0 Å². The van der Waals surface area contributed by atoms with Crippen LogP contribution in [0.2, 0.25) is 0 Å². The Hall–Kier alpha value is -0.650. The summed E-state index contributed by atoms with van der Waals surface area (Å²) in [7, 11) is 0. The smallest absolute Gasteiger partial charge is 0.320 e. The van der Waals surface area contributed by atoms with Crippen LogP contribution in [-0.2, 0) is 4.79 Å². The molecule has 0 spiro atoms. The van der Waals surface area contributed by atoms with Gasteiger partial charge in [0.25, 0.3) is 0 Å². The molecule has 0 aliphatic heterocycles. The Morgan fingerprint density at radius 3 is 2.31 bits per heavy atom. The third kappa shape index (κ3) is 6.51. The molecule has 0 saturated carbocycles. The largest absolute Gasteiger partial charge is 0.480 e. The highest BCUT2D eigenvalue weighted by atomic mass is 16.4. The number of aliphatic carboxylic acids is 1. The number of hydrogen-bond donors (Lipinski definition) is 4. The highest BCUT2D eigenvalue weighted by Gasteiger charge is 2.10. The third-order valence-corrected chi connectivity index (χ3v) is 1.83. The average Bonchev–Trinajstić information content (AvgIpc) is 2.11. The lowest BCUT2D eigenvalue weighted by Gasteiger charge is -2.08. The van der Waals surface area contributed by atoms with Crippen molar-refractivity contribution < 1.29 is 20.1 Å². The summed E-state index contributed by atoms with van der Waals surface area (Å²) in [6, 6.07) is -0.814. The molecule has 0 radical (unpaired) electrons. The van der Waals surface area contributed by atoms with E-state index in [-0.39, 0.29) is 6.61 Å². The van der Waals surface area contributed by atoms with Gasteiger partial charge in [-0.05, 0) is 12.8 Å². The van der Waals surface area contributed by atoms with Crippen molar-refractivity contribution in [2.24, 2.45) is 5.73 Å². The van der Waals surface area contributed by atoms with Crippen molar-refractivity contribution in [2.75, 3.05) is 6.61 Å². The highest BCUT2D eigenvalue weighted by Crippen LogP contribution is 2.05. The average molecular weight is 191 g/mol. The normalized spacial score (nSPS) is 15.3. The summed E-state index contributed by atoms with van der Waals surface area (Å²) in [4.78, 5) is 10.3. The predicted molar refractivity (Wildman–Crippen MR) is 47.2 cm³/mol. The van der Waals surface area contributed by atoms with Gasteiger partial charge in [0.1, 0.15) is 6.04 Å². The van der Waals surface area contributed by atoms with Crippen molar-refractivity contribution in [3.8, 4) is 0 Å². The van der Waals surface area contributed by atoms with Gasteiger partial charge in [-0.2, -0.15) is 0 Å². The van der Waals surface area contributed by atoms with Crippen LogP contribution in [0.1, 0.15) is 25.7 Å². The Bertz CT molecular complexity index is 151. The number of unbranched alkanes of at least 4 members (excludes halogenated alkanes) is 1. The van der Waals surface area contributed by atoms with Gasteiger partial charge in [-0.1, -0.05) is 12.8 Å². The molecule has 0 rings (SSSR count). The monoisotopic (exact) mass is 191 g/mol. The van der Waals surface area contributed by atoms with E-state index in [2.05, 4.69) is 0 Å². The first-order valence-corrected chi connectivity index (χ1v) is 4.35. The van der Waals surface area contributed by atoms with E-state index < -0.39 is 18.1 Å². The minimum atomic E-state index is -0.997. The van der Waals surface area contributed by atoms with Gasteiger partial charge < -0.3 is 21.1 Å². The Morgan fingerprint density at radius 1 is 1.31 bits per heavy atom. The van der Waals surface area contributed by atoms with Crippen LogP contribution in [0.4, 0.5) is 0 Å². The molecule has 0 saturated heterocycles. The molecule has 0 bridgehead atoms. The van der Waals surface area contributed by atoms with Crippen LogP contribution >= 0.6 is 0 Å². The summed E-state index contributed by atoms with van der Waals surface area (Å²) < 4.78 is 0. The van der Waals surface area contributed by atoms with E-state index in [1.165, 1.54) is 0 Å². The van der Waals surface area contributed by atoms with E-state index in [1.54, 1.807) is 0 Å². The molecule has 2 atom stereocenters. The second kappa shape index (κ2) is 6.82. The maximum Gasteiger partial charge on any atom is 0.320 e. The minimum Gasteiger partial charge on any atom is -0.480 e. The van der Waals surface area contributed by atoms with E-state index >= 15 is 0 Å². The molecule has 0 aromatic carbocycles. The number of carbonyl (C=O) groups is 1. The number of aliphatic hydroxyl groups is 2. The van der Waals surface area contributed by atoms with Gasteiger partial charge in [-0.15, -0.1) is 0 Å². The summed E-state index contributed by atoms with van der Waals surface area (Å²) in [5.41, 5.74) is 5.25. The second-order valence-corrected chi connectivity index (χ2v) is 3.07. The highest BCUT2D eigenvalue weighted by molar-refractivity contribution is 5.72. The molecule has 0 aromatic heterocycles. The van der Waals surface area contributed by atoms with Gasteiger partial charge in [-0.25, -0.2) is 0 Å². The zero-order chi connectivity index (χ0) is 10.3. The predicted octanol–water partition coefficient (Wildman–Crippen LogP) is -0.688. The summed E-state index contributed by atoms with van der Waals surface area (Å²) >= 11 is 0. The summed E-state index contributed by atoms with van der Waals surface area (Å²) in [6.45, 7) is -0.245. The Balaban J connectivity index is 3.30. The van der Waals surface area contributed by atoms with Crippen molar-refractivity contribution >= 4 is 5.97 Å². The third-order valence-electron chi connectivity index (χ3n) is 1.83. The lowest BCUT2D eigenvalue weighted by molar-refractivity contribution is -0.138. The topological polar surface area (TPSA) is 104 Å². The minimum absolute atomic E-state index is 0.245. The zero-order valence-electron chi connectivity index (χ0n) is 7.52. The first-order chi connectivity index (χ1) is 6.07. The first kappa shape index (κ1) is 12.3. The molecular formula is C8H17NO4. The van der Waals surface area contributed by atoms with Gasteiger partial charge in [0, 0.05) is 0 Å². The van der Waals surface area contributed by atoms with Crippen LogP contribution in [0.15, 0.2) is 0 Å². The van der Waals surface area contributed by atoms with Crippen molar-refractivity contribution in [1.82, 2.24) is 0 Å². The number of hydrogen-bond acceptors (Lipinski definition) is 4. The number of nitrogens with two attached hydrogens (primary N) is 1. The molecule has 0 unspecified atom stereocenters. The molecule has 0 fully saturated rings. The molecule has 0 aliphatic carbocycles. The fraction of sp³-hybridized carbons (Fsp3) is 0.875. The summed E-state index contributed by atoms with van der Waals surface area (Å²) in [5, 5.41) is 25.8. The van der Waals surface area contributed by atoms with Gasteiger partial charge in [-0.3, -0.25) is 4.79 Å². The SMILES string of the molecule is N[C@H](CCCC[C@H](O)CO)C(=O)O. The summed E-state index contributed by atoms with van der Waals surface area (Å²) in [6.07, 6.45) is 1.55. The van der Waals surface area contributed by atoms with Crippen LogP contribution < -0.4 is 5.73 Å². The molecule has 13 heavy (non-hydrogen) atoms. The number of carboxylic acid groups (broad SMARTS) is 1. The summed E-state index contributed by atoms with van der Waals surface area (Å²) in [5.74, 6) is -0.997. The molecular weight excluding hydrogens is 174 g/mol. The molecule has 78 valence electrons. The van der Waals surface area contributed by atoms with Gasteiger partial charge >= 0.3 is 5.97 Å². The number of aliphatic hydroxyl groups excluding tert-OH is 2. The molecule has 0 aromatic rings. The van der Waals surface area contributed by atoms with Gasteiger partial charge in [0.05, 0.1) is 12.7 Å². The molecule has 0 amide bonds. The van der Waals surface area contributed by atoms with Crippen molar-refractivity contribution in [3.05, 3.63) is 0 Å². The lowest BCUT2D eigenvalue weighted by Crippen LogP contribution is -2.29. The first-order valence-electron chi connectivity index (χ1n) is 4.35. The maximum atomic E-state index is 10.3. The van der Waals surface area contributed by atoms with E-state index in [0.717, 1.165) is 0 Å². The second-order valence-electron chi connectivity index (χ2n) is 3.07. The van der Waals surface area contributed by atoms with Crippen LogP contribution in [0.25, 0.3) is 0 Å². The van der Waals surface area contributed by atoms with Crippen LogP contribution in [-0.4, -0.2) is 40.0 Å². The Kier molecular flexibility index (Phi) is 6.48. The van der Waals surface area contributed by atoms with Crippen LogP contribution in [0, 0.1) is 0 Å². The van der Waals surface area contributed by atoms with E-state index in [1.807, 2.05) is 0 Å². The van der Waals surface area contributed by atoms with Gasteiger partial charge in [0.15, 0.2) is 0 Å². The molecule has 5 heteroatoms. The Morgan fingerprint density at radius 2 is 1.85 bits per heavy atom. The Labute approximate surface area is 77.2 Å². The maximum absolute atomic E-state index is 10.3. The molecule has 0 heterocycles. The molecule has 5 nitrogen and oxygen atoms in total. The fourth-order valence-electron chi connectivity index (χ4n) is 0.959. The number of rotatable bonds is 7. The van der Waals surface area contributed by atoms with E-state index in [4.69, 9.17) is 21.1 Å². The van der Waals surface area contributed by atoms with Crippen molar-refractivity contribution in [2.45, 2.75) is 37.8 Å². The van der Waals surface area contributed by atoms with E-state index in [9.17, 15) is 4.79 Å². The van der Waals surface area contributed by atoms with Crippen LogP contribution in [0.3, 0.4) is 0 Å². The van der Waals surface area contributed by atoms with Crippen molar-refractivity contribution in [3.63, 3.8) is 0 Å². The van der Waals surface area contributed by atoms with E-state index in [0.29, 0.717) is 25.7 Å². The number of carboxylic acids is 1. The lowest BCUT2D eigenvalue weighted by atomic mass is 10.1.